The van der Waals surface area contributed by atoms with Gasteiger partial charge >= 0.3 is 0 Å². The number of carbonyl (C=O) groups is 1. The van der Waals surface area contributed by atoms with E-state index in [9.17, 15) is 4.79 Å². The summed E-state index contributed by atoms with van der Waals surface area (Å²) in [5.41, 5.74) is 1.40. The number of carbonyl (C=O) groups excluding carboxylic acids is 1. The first-order chi connectivity index (χ1) is 8.34. The molecule has 1 amide bonds. The van der Waals surface area contributed by atoms with Crippen LogP contribution in [0.25, 0.3) is 0 Å². The molecule has 0 saturated carbocycles. The van der Waals surface area contributed by atoms with Crippen LogP contribution in [0.3, 0.4) is 0 Å². The van der Waals surface area contributed by atoms with Gasteiger partial charge in [0, 0.05) is 30.4 Å². The fourth-order valence-corrected chi connectivity index (χ4v) is 1.40. The Kier molecular flexibility index (Phi) is 4.73. The van der Waals surface area contributed by atoms with Gasteiger partial charge in [-0.2, -0.15) is 0 Å². The molecule has 18 heavy (non-hydrogen) atoms. The molecule has 0 aliphatic heterocycles. The van der Waals surface area contributed by atoms with Gasteiger partial charge in [0.05, 0.1) is 6.61 Å². The van der Waals surface area contributed by atoms with Gasteiger partial charge in [-0.25, -0.2) is 0 Å². The summed E-state index contributed by atoms with van der Waals surface area (Å²) in [4.78, 5) is 13.8. The third-order valence-electron chi connectivity index (χ3n) is 2.68. The Morgan fingerprint density at radius 1 is 1.28 bits per heavy atom. The molecule has 2 N–H and O–H groups in total. The molecular formula is C14H22N2O2. The Bertz CT molecular complexity index is 393. The van der Waals surface area contributed by atoms with E-state index < -0.39 is 5.41 Å². The van der Waals surface area contributed by atoms with Crippen molar-refractivity contribution in [2.24, 2.45) is 5.41 Å². The van der Waals surface area contributed by atoms with E-state index in [1.165, 1.54) is 0 Å². The lowest BCUT2D eigenvalue weighted by atomic mass is 9.95. The lowest BCUT2D eigenvalue weighted by Gasteiger charge is -2.20. The summed E-state index contributed by atoms with van der Waals surface area (Å²) < 4.78 is 0. The molecule has 1 rings (SSSR count). The van der Waals surface area contributed by atoms with E-state index in [4.69, 9.17) is 5.11 Å². The molecule has 0 aromatic heterocycles. The maximum absolute atomic E-state index is 11.8. The lowest BCUT2D eigenvalue weighted by molar-refractivity contribution is -0.123. The van der Waals surface area contributed by atoms with Crippen LogP contribution in [0.15, 0.2) is 24.3 Å². The number of aliphatic hydroxyl groups is 1. The van der Waals surface area contributed by atoms with Crippen LogP contribution in [0.4, 0.5) is 11.4 Å². The van der Waals surface area contributed by atoms with Crippen LogP contribution in [0.2, 0.25) is 0 Å². The average molecular weight is 250 g/mol. The first kappa shape index (κ1) is 14.5. The molecule has 0 unspecified atom stereocenters. The van der Waals surface area contributed by atoms with Crippen molar-refractivity contribution in [2.45, 2.75) is 20.8 Å². The van der Waals surface area contributed by atoms with Crippen molar-refractivity contribution in [3.8, 4) is 0 Å². The van der Waals surface area contributed by atoms with Crippen LogP contribution in [-0.4, -0.2) is 31.2 Å². The quantitative estimate of drug-likeness (QED) is 0.860. The van der Waals surface area contributed by atoms with Gasteiger partial charge in [0.2, 0.25) is 5.91 Å². The molecule has 0 atom stereocenters. The summed E-state index contributed by atoms with van der Waals surface area (Å²) in [6, 6.07) is 7.58. The lowest BCUT2D eigenvalue weighted by Crippen LogP contribution is -2.27. The maximum Gasteiger partial charge on any atom is 0.229 e. The van der Waals surface area contributed by atoms with Gasteiger partial charge in [0.25, 0.3) is 0 Å². The Hall–Kier alpha value is -1.55. The molecule has 4 nitrogen and oxygen atoms in total. The van der Waals surface area contributed by atoms with Gasteiger partial charge in [-0.15, -0.1) is 0 Å². The highest BCUT2D eigenvalue weighted by Crippen LogP contribution is 2.20. The third kappa shape index (κ3) is 4.04. The molecule has 0 fully saturated rings. The Morgan fingerprint density at radius 3 is 2.28 bits per heavy atom. The predicted octanol–water partition coefficient (Wildman–Crippen LogP) is 2.10. The Labute approximate surface area is 109 Å². The normalized spacial score (nSPS) is 11.2. The monoisotopic (exact) mass is 250 g/mol. The first-order valence-corrected chi connectivity index (χ1v) is 6.08. The van der Waals surface area contributed by atoms with E-state index in [0.29, 0.717) is 6.54 Å². The van der Waals surface area contributed by atoms with Crippen molar-refractivity contribution < 1.29 is 9.90 Å². The number of benzene rings is 1. The fourth-order valence-electron chi connectivity index (χ4n) is 1.40. The second-order valence-corrected chi connectivity index (χ2v) is 5.40. The van der Waals surface area contributed by atoms with Crippen molar-refractivity contribution in [3.05, 3.63) is 24.3 Å². The highest BCUT2D eigenvalue weighted by atomic mass is 16.3. The first-order valence-electron chi connectivity index (χ1n) is 6.08. The minimum Gasteiger partial charge on any atom is -0.395 e. The Balaban J connectivity index is 2.69. The number of hydrogen-bond acceptors (Lipinski definition) is 3. The molecule has 100 valence electrons. The third-order valence-corrected chi connectivity index (χ3v) is 2.68. The summed E-state index contributed by atoms with van der Waals surface area (Å²) in [6.45, 7) is 6.36. The number of nitrogens with zero attached hydrogens (tertiary/aromatic N) is 1. The van der Waals surface area contributed by atoms with Crippen LogP contribution in [0.1, 0.15) is 20.8 Å². The van der Waals surface area contributed by atoms with Crippen molar-refractivity contribution in [1.29, 1.82) is 0 Å². The summed E-state index contributed by atoms with van der Waals surface area (Å²) in [5.74, 6) is -0.000960. The molecule has 0 bridgehead atoms. The van der Waals surface area contributed by atoms with Gasteiger partial charge < -0.3 is 15.3 Å². The SMILES string of the molecule is CN(CCO)c1ccc(NC(=O)C(C)(C)C)cc1. The highest BCUT2D eigenvalue weighted by Gasteiger charge is 2.20. The van der Waals surface area contributed by atoms with Crippen molar-refractivity contribution in [3.63, 3.8) is 0 Å². The number of nitrogens with one attached hydrogen (secondary N) is 1. The minimum atomic E-state index is -0.396. The second kappa shape index (κ2) is 5.87. The molecule has 0 radical (unpaired) electrons. The highest BCUT2D eigenvalue weighted by molar-refractivity contribution is 5.94. The van der Waals surface area contributed by atoms with Gasteiger partial charge in [-0.1, -0.05) is 20.8 Å². The molecular weight excluding hydrogens is 228 g/mol. The van der Waals surface area contributed by atoms with Gasteiger partial charge in [0.15, 0.2) is 0 Å². The molecule has 0 aliphatic carbocycles. The number of aliphatic hydroxyl groups excluding tert-OH is 1. The Morgan fingerprint density at radius 2 is 1.83 bits per heavy atom. The van der Waals surface area contributed by atoms with Crippen molar-refractivity contribution in [2.75, 3.05) is 30.4 Å². The maximum atomic E-state index is 11.8. The van der Waals surface area contributed by atoms with Gasteiger partial charge in [-0.3, -0.25) is 4.79 Å². The van der Waals surface area contributed by atoms with Crippen LogP contribution in [0, 0.1) is 5.41 Å². The molecule has 0 heterocycles. The number of rotatable bonds is 4. The van der Waals surface area contributed by atoms with E-state index in [0.717, 1.165) is 11.4 Å². The standard InChI is InChI=1S/C14H22N2O2/c1-14(2,3)13(18)15-11-5-7-12(8-6-11)16(4)9-10-17/h5-8,17H,9-10H2,1-4H3,(H,15,18). The van der Waals surface area contributed by atoms with E-state index in [1.807, 2.05) is 57.0 Å². The molecule has 0 aliphatic rings. The molecule has 0 saturated heterocycles. The molecule has 1 aromatic carbocycles. The zero-order chi connectivity index (χ0) is 13.8. The van der Waals surface area contributed by atoms with E-state index >= 15 is 0 Å². The zero-order valence-corrected chi connectivity index (χ0v) is 11.5. The summed E-state index contributed by atoms with van der Waals surface area (Å²) >= 11 is 0. The number of amides is 1. The minimum absolute atomic E-state index is 0.000960. The van der Waals surface area contributed by atoms with Crippen LogP contribution in [-0.2, 0) is 4.79 Å². The summed E-state index contributed by atoms with van der Waals surface area (Å²) in [6.07, 6.45) is 0. The summed E-state index contributed by atoms with van der Waals surface area (Å²) in [5, 5.41) is 11.7. The number of hydrogen-bond donors (Lipinski definition) is 2. The smallest absolute Gasteiger partial charge is 0.229 e. The molecule has 1 aromatic rings. The fraction of sp³-hybridized carbons (Fsp3) is 0.500. The largest absolute Gasteiger partial charge is 0.395 e. The van der Waals surface area contributed by atoms with Gasteiger partial charge in [-0.05, 0) is 24.3 Å². The van der Waals surface area contributed by atoms with E-state index in [2.05, 4.69) is 5.32 Å². The molecule has 0 spiro atoms. The second-order valence-electron chi connectivity index (χ2n) is 5.40. The number of likely N-dealkylation sites (N-methyl/N-ethyl adjacent to an activating group) is 1. The van der Waals surface area contributed by atoms with Crippen LogP contribution in [0.5, 0.6) is 0 Å². The molecule has 4 heteroatoms. The summed E-state index contributed by atoms with van der Waals surface area (Å²) in [7, 11) is 1.92. The zero-order valence-electron chi connectivity index (χ0n) is 11.5. The topological polar surface area (TPSA) is 52.6 Å². The van der Waals surface area contributed by atoms with Crippen molar-refractivity contribution in [1.82, 2.24) is 0 Å². The van der Waals surface area contributed by atoms with Crippen LogP contribution < -0.4 is 10.2 Å². The predicted molar refractivity (Wildman–Crippen MR) is 74.9 cm³/mol. The number of anilines is 2. The average Bonchev–Trinajstić information content (AvgIpc) is 2.29. The van der Waals surface area contributed by atoms with Gasteiger partial charge in [0.1, 0.15) is 0 Å². The van der Waals surface area contributed by atoms with Crippen LogP contribution >= 0.6 is 0 Å². The van der Waals surface area contributed by atoms with E-state index in [1.54, 1.807) is 0 Å². The van der Waals surface area contributed by atoms with Crippen molar-refractivity contribution >= 4 is 17.3 Å². The van der Waals surface area contributed by atoms with E-state index in [-0.39, 0.29) is 12.5 Å².